The van der Waals surface area contributed by atoms with E-state index in [4.69, 9.17) is 5.11 Å². The molecule has 4 nitrogen and oxygen atoms in total. The normalized spacial score (nSPS) is 12.4. The number of carbonyl (C=O) groups is 2. The average molecular weight is 255 g/mol. The summed E-state index contributed by atoms with van der Waals surface area (Å²) in [7, 11) is 0. The van der Waals surface area contributed by atoms with Gasteiger partial charge in [-0.2, -0.15) is 0 Å². The molecular formula is C12H17NO3S. The van der Waals surface area contributed by atoms with Gasteiger partial charge in [0.15, 0.2) is 0 Å². The fraction of sp³-hybridized carbons (Fsp3) is 0.500. The van der Waals surface area contributed by atoms with Crippen molar-refractivity contribution in [2.75, 3.05) is 0 Å². The molecule has 0 saturated carbocycles. The lowest BCUT2D eigenvalue weighted by molar-refractivity contribution is -0.137. The van der Waals surface area contributed by atoms with Gasteiger partial charge in [0.1, 0.15) is 0 Å². The fourth-order valence-electron chi connectivity index (χ4n) is 1.61. The molecule has 17 heavy (non-hydrogen) atoms. The number of carbonyl (C=O) groups excluding carboxylic acids is 1. The van der Waals surface area contributed by atoms with Gasteiger partial charge in [-0.15, -0.1) is 11.3 Å². The van der Waals surface area contributed by atoms with E-state index in [2.05, 4.69) is 5.32 Å². The summed E-state index contributed by atoms with van der Waals surface area (Å²) in [4.78, 5) is 23.4. The Labute approximate surface area is 105 Å². The summed E-state index contributed by atoms with van der Waals surface area (Å²) in [5.74, 6) is -1.20. The summed E-state index contributed by atoms with van der Waals surface area (Å²) in [5, 5.41) is 13.5. The molecule has 0 unspecified atom stereocenters. The highest BCUT2D eigenvalue weighted by molar-refractivity contribution is 7.10. The number of carboxylic acid groups (broad SMARTS) is 1. The third-order valence-corrected chi connectivity index (χ3v) is 3.28. The molecule has 1 rings (SSSR count). The molecule has 0 saturated heterocycles. The van der Waals surface area contributed by atoms with Gasteiger partial charge in [-0.3, -0.25) is 9.59 Å². The van der Waals surface area contributed by atoms with Crippen molar-refractivity contribution in [2.45, 2.75) is 38.6 Å². The van der Waals surface area contributed by atoms with E-state index < -0.39 is 5.97 Å². The largest absolute Gasteiger partial charge is 0.481 e. The van der Waals surface area contributed by atoms with Crippen molar-refractivity contribution in [2.24, 2.45) is 0 Å². The van der Waals surface area contributed by atoms with Crippen LogP contribution in [0.15, 0.2) is 17.5 Å². The van der Waals surface area contributed by atoms with Crippen LogP contribution >= 0.6 is 11.3 Å². The monoisotopic (exact) mass is 255 g/mol. The van der Waals surface area contributed by atoms with Gasteiger partial charge in [0.25, 0.3) is 0 Å². The predicted molar refractivity (Wildman–Crippen MR) is 67.2 cm³/mol. The van der Waals surface area contributed by atoms with Gasteiger partial charge in [0, 0.05) is 23.3 Å². The van der Waals surface area contributed by atoms with Crippen LogP contribution in [0.3, 0.4) is 0 Å². The van der Waals surface area contributed by atoms with Crippen molar-refractivity contribution in [3.63, 3.8) is 0 Å². The minimum Gasteiger partial charge on any atom is -0.481 e. The number of amides is 1. The summed E-state index contributed by atoms with van der Waals surface area (Å²) in [6.07, 6.45) is 0.219. The molecule has 1 atom stereocenters. The standard InChI is InChI=1S/C12H17NO3S/c1-8(2)13-11(14)6-9(7-12(15)16)10-4-3-5-17-10/h3-5,8-9H,6-7H2,1-2H3,(H,13,14)(H,15,16)/t9-/m1/s1. The fourth-order valence-corrected chi connectivity index (χ4v) is 2.44. The molecule has 1 amide bonds. The number of hydrogen-bond acceptors (Lipinski definition) is 3. The lowest BCUT2D eigenvalue weighted by Gasteiger charge is -2.14. The number of nitrogens with one attached hydrogen (secondary N) is 1. The zero-order valence-electron chi connectivity index (χ0n) is 9.97. The Balaban J connectivity index is 2.65. The topological polar surface area (TPSA) is 66.4 Å². The molecular weight excluding hydrogens is 238 g/mol. The molecule has 0 aliphatic rings. The molecule has 0 radical (unpaired) electrons. The number of hydrogen-bond donors (Lipinski definition) is 2. The van der Waals surface area contributed by atoms with Crippen molar-refractivity contribution in [3.05, 3.63) is 22.4 Å². The molecule has 1 aromatic rings. The third kappa shape index (κ3) is 4.99. The van der Waals surface area contributed by atoms with E-state index in [0.29, 0.717) is 0 Å². The Bertz CT molecular complexity index is 373. The Morgan fingerprint density at radius 3 is 2.59 bits per heavy atom. The highest BCUT2D eigenvalue weighted by atomic mass is 32.1. The summed E-state index contributed by atoms with van der Waals surface area (Å²) >= 11 is 1.49. The van der Waals surface area contributed by atoms with E-state index in [-0.39, 0.29) is 30.7 Å². The highest BCUT2D eigenvalue weighted by Crippen LogP contribution is 2.27. The van der Waals surface area contributed by atoms with E-state index >= 15 is 0 Å². The van der Waals surface area contributed by atoms with Gasteiger partial charge >= 0.3 is 5.97 Å². The number of rotatable bonds is 6. The molecule has 0 aromatic carbocycles. The van der Waals surface area contributed by atoms with Gasteiger partial charge in [-0.05, 0) is 25.3 Å². The van der Waals surface area contributed by atoms with Gasteiger partial charge in [0.05, 0.1) is 6.42 Å². The first-order chi connectivity index (χ1) is 7.99. The lowest BCUT2D eigenvalue weighted by Crippen LogP contribution is -2.31. The van der Waals surface area contributed by atoms with Crippen molar-refractivity contribution in [1.82, 2.24) is 5.32 Å². The Morgan fingerprint density at radius 2 is 2.12 bits per heavy atom. The minimum atomic E-state index is -0.874. The van der Waals surface area contributed by atoms with Gasteiger partial charge in [-0.1, -0.05) is 6.07 Å². The lowest BCUT2D eigenvalue weighted by atomic mass is 9.99. The number of aliphatic carboxylic acids is 1. The Hall–Kier alpha value is -1.36. The van der Waals surface area contributed by atoms with Crippen LogP contribution in [0.1, 0.15) is 37.5 Å². The SMILES string of the molecule is CC(C)NC(=O)C[C@H](CC(=O)O)c1cccs1. The molecule has 1 heterocycles. The summed E-state index contributed by atoms with van der Waals surface area (Å²) in [6, 6.07) is 3.83. The first-order valence-corrected chi connectivity index (χ1v) is 6.41. The Kier molecular flexibility index (Phi) is 5.15. The second-order valence-corrected chi connectivity index (χ2v) is 5.22. The summed E-state index contributed by atoms with van der Waals surface area (Å²) < 4.78 is 0. The molecule has 0 aliphatic carbocycles. The van der Waals surface area contributed by atoms with E-state index in [0.717, 1.165) is 4.88 Å². The maximum Gasteiger partial charge on any atom is 0.304 e. The van der Waals surface area contributed by atoms with Crippen molar-refractivity contribution in [1.29, 1.82) is 0 Å². The van der Waals surface area contributed by atoms with E-state index in [9.17, 15) is 9.59 Å². The van der Waals surface area contributed by atoms with Gasteiger partial charge < -0.3 is 10.4 Å². The highest BCUT2D eigenvalue weighted by Gasteiger charge is 2.20. The maximum atomic E-state index is 11.6. The van der Waals surface area contributed by atoms with E-state index in [1.807, 2.05) is 31.4 Å². The average Bonchev–Trinajstić information content (AvgIpc) is 2.66. The summed E-state index contributed by atoms with van der Waals surface area (Å²) in [6.45, 7) is 3.77. The van der Waals surface area contributed by atoms with Crippen LogP contribution in [-0.2, 0) is 9.59 Å². The molecule has 0 bridgehead atoms. The molecule has 1 aromatic heterocycles. The van der Waals surface area contributed by atoms with Crippen LogP contribution in [0.4, 0.5) is 0 Å². The third-order valence-electron chi connectivity index (χ3n) is 2.25. The smallest absolute Gasteiger partial charge is 0.304 e. The van der Waals surface area contributed by atoms with Crippen molar-refractivity contribution < 1.29 is 14.7 Å². The number of thiophene rings is 1. The van der Waals surface area contributed by atoms with Crippen LogP contribution in [0.2, 0.25) is 0 Å². The van der Waals surface area contributed by atoms with Crippen molar-refractivity contribution >= 4 is 23.2 Å². The van der Waals surface area contributed by atoms with Crippen LogP contribution in [0.25, 0.3) is 0 Å². The molecule has 0 aliphatic heterocycles. The van der Waals surface area contributed by atoms with Crippen LogP contribution in [0.5, 0.6) is 0 Å². The van der Waals surface area contributed by atoms with Gasteiger partial charge in [-0.25, -0.2) is 0 Å². The van der Waals surface area contributed by atoms with Crippen LogP contribution < -0.4 is 5.32 Å². The second-order valence-electron chi connectivity index (χ2n) is 4.24. The van der Waals surface area contributed by atoms with Crippen molar-refractivity contribution in [3.8, 4) is 0 Å². The first kappa shape index (κ1) is 13.7. The minimum absolute atomic E-state index is 0.00791. The number of carboxylic acids is 1. The molecule has 2 N–H and O–H groups in total. The second kappa shape index (κ2) is 6.39. The molecule has 5 heteroatoms. The zero-order chi connectivity index (χ0) is 12.8. The Morgan fingerprint density at radius 1 is 1.41 bits per heavy atom. The maximum absolute atomic E-state index is 11.6. The summed E-state index contributed by atoms with van der Waals surface area (Å²) in [5.41, 5.74) is 0. The molecule has 0 fully saturated rings. The van der Waals surface area contributed by atoms with Gasteiger partial charge in [0.2, 0.25) is 5.91 Å². The molecule has 0 spiro atoms. The first-order valence-electron chi connectivity index (χ1n) is 5.53. The van der Waals surface area contributed by atoms with E-state index in [1.165, 1.54) is 11.3 Å². The van der Waals surface area contributed by atoms with E-state index in [1.54, 1.807) is 0 Å². The molecule has 94 valence electrons. The zero-order valence-corrected chi connectivity index (χ0v) is 10.8. The van der Waals surface area contributed by atoms with Crippen LogP contribution in [-0.4, -0.2) is 23.0 Å². The quantitative estimate of drug-likeness (QED) is 0.819. The van der Waals surface area contributed by atoms with Crippen LogP contribution in [0, 0.1) is 0 Å². The predicted octanol–water partition coefficient (Wildman–Crippen LogP) is 2.22.